The van der Waals surface area contributed by atoms with E-state index in [0.717, 1.165) is 6.26 Å². The number of ether oxygens (including phenoxy) is 1. The fraction of sp³-hybridized carbons (Fsp3) is 0.588. The Hall–Kier alpha value is -1.14. The van der Waals surface area contributed by atoms with Crippen LogP contribution in [-0.2, 0) is 10.0 Å². The molecule has 0 aliphatic rings. The molecule has 0 aromatic heterocycles. The number of aliphatic imine (C=N–C) groups is 1. The van der Waals surface area contributed by atoms with Gasteiger partial charge < -0.3 is 15.0 Å². The van der Waals surface area contributed by atoms with E-state index in [1.54, 1.807) is 26.0 Å². The lowest BCUT2D eigenvalue weighted by molar-refractivity contribution is 0.280. The molecule has 0 atom stereocenters. The average Bonchev–Trinajstić information content (AvgIpc) is 2.51. The minimum atomic E-state index is -3.31. The number of nitrogens with zero attached hydrogens (tertiary/aromatic N) is 2. The molecular formula is C17H30FIN4O3S. The van der Waals surface area contributed by atoms with Crippen LogP contribution in [-0.4, -0.2) is 64.4 Å². The Labute approximate surface area is 178 Å². The summed E-state index contributed by atoms with van der Waals surface area (Å²) >= 11 is 0. The predicted molar refractivity (Wildman–Crippen MR) is 118 cm³/mol. The maximum absolute atomic E-state index is 12.9. The third kappa shape index (κ3) is 11.3. The van der Waals surface area contributed by atoms with Gasteiger partial charge in [-0.25, -0.2) is 17.5 Å². The molecule has 0 aliphatic carbocycles. The molecule has 1 rings (SSSR count). The van der Waals surface area contributed by atoms with Crippen molar-refractivity contribution < 1.29 is 17.5 Å². The summed E-state index contributed by atoms with van der Waals surface area (Å²) in [5, 5.41) is 3.17. The van der Waals surface area contributed by atoms with Crippen LogP contribution in [0.2, 0.25) is 0 Å². The molecule has 10 heteroatoms. The van der Waals surface area contributed by atoms with E-state index in [-0.39, 0.29) is 36.3 Å². The Balaban J connectivity index is 0.00000676. The van der Waals surface area contributed by atoms with Gasteiger partial charge in [-0.2, -0.15) is 0 Å². The molecule has 1 aromatic rings. The number of nitrogens with one attached hydrogen (secondary N) is 2. The molecule has 0 saturated heterocycles. The third-order valence-corrected chi connectivity index (χ3v) is 4.21. The van der Waals surface area contributed by atoms with Crippen LogP contribution in [0, 0.1) is 5.82 Å². The standard InChI is InChI=1S/C17H29FN4O3S.HI/c1-6-19-16(20-13-17(2,3)21-26(5,23)24)22(4)11-12-25-15-9-7-14(18)8-10-15;/h7-10,21H,6,11-13H2,1-5H3,(H,19,20);1H. The number of hydrogen-bond acceptors (Lipinski definition) is 4. The topological polar surface area (TPSA) is 83.0 Å². The van der Waals surface area contributed by atoms with Crippen LogP contribution in [0.25, 0.3) is 0 Å². The Bertz CT molecular complexity index is 697. The summed E-state index contributed by atoms with van der Waals surface area (Å²) in [4.78, 5) is 6.40. The van der Waals surface area contributed by atoms with Crippen LogP contribution >= 0.6 is 24.0 Å². The maximum Gasteiger partial charge on any atom is 0.209 e. The van der Waals surface area contributed by atoms with Gasteiger partial charge in [0, 0.05) is 19.1 Å². The summed E-state index contributed by atoms with van der Waals surface area (Å²) in [7, 11) is -1.44. The van der Waals surface area contributed by atoms with E-state index in [0.29, 0.717) is 31.4 Å². The molecule has 0 saturated carbocycles. The van der Waals surface area contributed by atoms with Crippen molar-refractivity contribution in [2.45, 2.75) is 26.3 Å². The first-order valence-corrected chi connectivity index (χ1v) is 10.3. The molecule has 1 aromatic carbocycles. The molecule has 7 nitrogen and oxygen atoms in total. The normalized spacial score (nSPS) is 12.3. The van der Waals surface area contributed by atoms with Gasteiger partial charge in [0.15, 0.2) is 5.96 Å². The van der Waals surface area contributed by atoms with Gasteiger partial charge in [-0.05, 0) is 45.0 Å². The van der Waals surface area contributed by atoms with E-state index in [4.69, 9.17) is 4.74 Å². The van der Waals surface area contributed by atoms with Crippen molar-refractivity contribution in [1.29, 1.82) is 0 Å². The molecule has 0 heterocycles. The monoisotopic (exact) mass is 516 g/mol. The van der Waals surface area contributed by atoms with Gasteiger partial charge >= 0.3 is 0 Å². The number of hydrogen-bond donors (Lipinski definition) is 2. The SMILES string of the molecule is CCNC(=NCC(C)(C)NS(C)(=O)=O)N(C)CCOc1ccc(F)cc1.I. The highest BCUT2D eigenvalue weighted by molar-refractivity contribution is 14.0. The van der Waals surface area contributed by atoms with Gasteiger partial charge in [0.1, 0.15) is 18.2 Å². The second-order valence-corrected chi connectivity index (χ2v) is 8.40. The average molecular weight is 516 g/mol. The summed E-state index contributed by atoms with van der Waals surface area (Å²) in [6, 6.07) is 5.85. The smallest absolute Gasteiger partial charge is 0.209 e. The van der Waals surface area contributed by atoms with Crippen molar-refractivity contribution in [3.05, 3.63) is 30.1 Å². The fourth-order valence-electron chi connectivity index (χ4n) is 2.21. The lowest BCUT2D eigenvalue weighted by atomic mass is 10.1. The Morgan fingerprint density at radius 2 is 1.89 bits per heavy atom. The molecular weight excluding hydrogens is 486 g/mol. The first-order valence-electron chi connectivity index (χ1n) is 8.39. The number of rotatable bonds is 9. The summed E-state index contributed by atoms with van der Waals surface area (Å²) in [6.45, 7) is 7.43. The molecule has 0 amide bonds. The van der Waals surface area contributed by atoms with Crippen molar-refractivity contribution in [2.75, 3.05) is 39.5 Å². The zero-order valence-corrected chi connectivity index (χ0v) is 19.6. The van der Waals surface area contributed by atoms with Crippen molar-refractivity contribution in [2.24, 2.45) is 4.99 Å². The van der Waals surface area contributed by atoms with Crippen LogP contribution < -0.4 is 14.8 Å². The second-order valence-electron chi connectivity index (χ2n) is 6.65. The van der Waals surface area contributed by atoms with Crippen molar-refractivity contribution in [3.63, 3.8) is 0 Å². The number of sulfonamides is 1. The van der Waals surface area contributed by atoms with E-state index in [1.165, 1.54) is 12.1 Å². The number of likely N-dealkylation sites (N-methyl/N-ethyl adjacent to an activating group) is 1. The largest absolute Gasteiger partial charge is 0.492 e. The van der Waals surface area contributed by atoms with Gasteiger partial charge in [-0.1, -0.05) is 0 Å². The van der Waals surface area contributed by atoms with Crippen LogP contribution in [0.3, 0.4) is 0 Å². The first kappa shape index (κ1) is 25.9. The lowest BCUT2D eigenvalue weighted by Gasteiger charge is -2.26. The molecule has 27 heavy (non-hydrogen) atoms. The molecule has 0 spiro atoms. The quantitative estimate of drug-likeness (QED) is 0.298. The van der Waals surface area contributed by atoms with E-state index in [1.807, 2.05) is 18.9 Å². The van der Waals surface area contributed by atoms with E-state index in [2.05, 4.69) is 15.0 Å². The first-order chi connectivity index (χ1) is 12.0. The summed E-state index contributed by atoms with van der Waals surface area (Å²) in [5.41, 5.74) is -0.695. The minimum absolute atomic E-state index is 0. The van der Waals surface area contributed by atoms with Gasteiger partial charge in [0.05, 0.1) is 19.3 Å². The fourth-order valence-corrected chi connectivity index (χ4v) is 3.28. The van der Waals surface area contributed by atoms with Crippen LogP contribution in [0.5, 0.6) is 5.75 Å². The van der Waals surface area contributed by atoms with Gasteiger partial charge in [-0.3, -0.25) is 4.99 Å². The lowest BCUT2D eigenvalue weighted by Crippen LogP contribution is -2.47. The van der Waals surface area contributed by atoms with Gasteiger partial charge in [-0.15, -0.1) is 24.0 Å². The van der Waals surface area contributed by atoms with Gasteiger partial charge in [0.25, 0.3) is 0 Å². The Morgan fingerprint density at radius 3 is 2.41 bits per heavy atom. The van der Waals surface area contributed by atoms with E-state index >= 15 is 0 Å². The van der Waals surface area contributed by atoms with Crippen LogP contribution in [0.4, 0.5) is 4.39 Å². The van der Waals surface area contributed by atoms with E-state index in [9.17, 15) is 12.8 Å². The highest BCUT2D eigenvalue weighted by Crippen LogP contribution is 2.11. The zero-order valence-electron chi connectivity index (χ0n) is 16.5. The summed E-state index contributed by atoms with van der Waals surface area (Å²) in [5.74, 6) is 0.945. The maximum atomic E-state index is 12.9. The highest BCUT2D eigenvalue weighted by Gasteiger charge is 2.22. The molecule has 0 fully saturated rings. The van der Waals surface area contributed by atoms with E-state index < -0.39 is 15.6 Å². The predicted octanol–water partition coefficient (Wildman–Crippen LogP) is 2.05. The third-order valence-electron chi connectivity index (χ3n) is 3.29. The number of benzene rings is 1. The van der Waals surface area contributed by atoms with Gasteiger partial charge in [0.2, 0.25) is 10.0 Å². The zero-order chi connectivity index (χ0) is 19.8. The Morgan fingerprint density at radius 1 is 1.30 bits per heavy atom. The van der Waals surface area contributed by atoms with Crippen molar-refractivity contribution in [3.8, 4) is 5.75 Å². The summed E-state index contributed by atoms with van der Waals surface area (Å²) in [6.07, 6.45) is 1.13. The second kappa shape index (κ2) is 11.6. The minimum Gasteiger partial charge on any atom is -0.492 e. The molecule has 0 radical (unpaired) electrons. The van der Waals surface area contributed by atoms with Crippen molar-refractivity contribution in [1.82, 2.24) is 14.9 Å². The molecule has 2 N–H and O–H groups in total. The molecule has 0 bridgehead atoms. The van der Waals surface area contributed by atoms with Crippen LogP contribution in [0.1, 0.15) is 20.8 Å². The molecule has 156 valence electrons. The van der Waals surface area contributed by atoms with Crippen LogP contribution in [0.15, 0.2) is 29.3 Å². The number of guanidine groups is 1. The molecule has 0 unspecified atom stereocenters. The van der Waals surface area contributed by atoms with Crippen molar-refractivity contribution >= 4 is 40.0 Å². The molecule has 0 aliphatic heterocycles. The summed E-state index contributed by atoms with van der Waals surface area (Å²) < 4.78 is 43.9. The Kier molecular flexibility index (Phi) is 11.2. The number of halogens is 2. The highest BCUT2D eigenvalue weighted by atomic mass is 127.